The zero-order valence-corrected chi connectivity index (χ0v) is 18.5. The van der Waals surface area contributed by atoms with Crippen LogP contribution in [0.4, 0.5) is 27.6 Å². The normalized spacial score (nSPS) is 22.7. The van der Waals surface area contributed by atoms with Crippen molar-refractivity contribution in [3.05, 3.63) is 34.9 Å². The lowest BCUT2D eigenvalue weighted by molar-refractivity contribution is -0.137. The molecule has 174 valence electrons. The fraction of sp³-hybridized carbons (Fsp3) is 0.619. The first kappa shape index (κ1) is 24.1. The number of alkyl halides is 3. The van der Waals surface area contributed by atoms with Crippen molar-refractivity contribution in [2.75, 3.05) is 19.0 Å². The highest BCUT2D eigenvalue weighted by atomic mass is 32.2. The third-order valence-electron chi connectivity index (χ3n) is 5.98. The van der Waals surface area contributed by atoms with Gasteiger partial charge in [-0.1, -0.05) is 0 Å². The largest absolute Gasteiger partial charge is 0.598 e. The highest BCUT2D eigenvalue weighted by Crippen LogP contribution is 2.46. The fourth-order valence-electron chi connectivity index (χ4n) is 4.31. The van der Waals surface area contributed by atoms with E-state index in [2.05, 4.69) is 10.0 Å². The van der Waals surface area contributed by atoms with Crippen LogP contribution in [-0.4, -0.2) is 29.0 Å². The summed E-state index contributed by atoms with van der Waals surface area (Å²) in [6.45, 7) is 3.81. The summed E-state index contributed by atoms with van der Waals surface area (Å²) in [6, 6.07) is 2.15. The van der Waals surface area contributed by atoms with Crippen molar-refractivity contribution in [3.8, 4) is 5.75 Å². The molecule has 0 spiro atoms. The maximum absolute atomic E-state index is 13.8. The number of allylic oxidation sites excluding steroid dienone is 1. The van der Waals surface area contributed by atoms with E-state index in [1.54, 1.807) is 20.9 Å². The van der Waals surface area contributed by atoms with Gasteiger partial charge < -0.3 is 14.6 Å². The monoisotopic (exact) mass is 466 g/mol. The predicted octanol–water partition coefficient (Wildman–Crippen LogP) is 5.74. The number of benzene rings is 1. The summed E-state index contributed by atoms with van der Waals surface area (Å²) in [6.07, 6.45) is -4.86. The van der Waals surface area contributed by atoms with Crippen LogP contribution in [-0.2, 0) is 17.5 Å². The van der Waals surface area contributed by atoms with Crippen LogP contribution in [0.2, 0.25) is 0 Å². The van der Waals surface area contributed by atoms with Gasteiger partial charge in [-0.25, -0.2) is 0 Å². The van der Waals surface area contributed by atoms with Gasteiger partial charge in [0.05, 0.1) is 17.9 Å². The van der Waals surface area contributed by atoms with E-state index < -0.39 is 33.9 Å². The Kier molecular flexibility index (Phi) is 7.12. The molecule has 0 amide bonds. The lowest BCUT2D eigenvalue weighted by Crippen LogP contribution is -2.41. The Bertz CT molecular complexity index is 830. The van der Waals surface area contributed by atoms with Crippen LogP contribution in [0, 0.1) is 0 Å². The summed E-state index contributed by atoms with van der Waals surface area (Å²) < 4.78 is 86.9. The van der Waals surface area contributed by atoms with Gasteiger partial charge in [-0.15, -0.1) is 4.72 Å². The van der Waals surface area contributed by atoms with E-state index in [9.17, 15) is 26.5 Å². The summed E-state index contributed by atoms with van der Waals surface area (Å²) in [7, 11) is 1.57. The Labute approximate surface area is 181 Å². The minimum absolute atomic E-state index is 0.0794. The standard InChI is InChI=1S/C21H27F5N2O2S/c1-20(2,31(29)27-3)10-13-11-30-18-9-17(16(8-15(13)18)21(24,25)26)28-14-6-4-12(5-7-14)19(22)23/h8-9,13-14,27-28H,4-7,10-11H2,1-3H3. The molecule has 2 aliphatic rings. The van der Waals surface area contributed by atoms with Gasteiger partial charge in [0.25, 0.3) is 6.08 Å². The molecule has 1 fully saturated rings. The van der Waals surface area contributed by atoms with Gasteiger partial charge in [-0.2, -0.15) is 22.0 Å². The summed E-state index contributed by atoms with van der Waals surface area (Å²) in [4.78, 5) is 0. The molecule has 1 saturated carbocycles. The molecule has 4 nitrogen and oxygen atoms in total. The molecule has 10 heteroatoms. The smallest absolute Gasteiger partial charge is 0.418 e. The number of halogens is 5. The van der Waals surface area contributed by atoms with Crippen LogP contribution in [0.25, 0.3) is 0 Å². The molecule has 1 aliphatic carbocycles. The van der Waals surface area contributed by atoms with E-state index in [-0.39, 0.29) is 42.7 Å². The van der Waals surface area contributed by atoms with E-state index in [0.29, 0.717) is 30.6 Å². The number of anilines is 1. The predicted molar refractivity (Wildman–Crippen MR) is 111 cm³/mol. The SMILES string of the molecule is CN[S+]([O-])C(C)(C)CC1COc2cc(NC3CCC(=C(F)F)CC3)c(C(F)(F)F)cc21. The summed E-state index contributed by atoms with van der Waals surface area (Å²) in [5, 5.41) is 2.91. The van der Waals surface area contributed by atoms with Crippen LogP contribution in [0.5, 0.6) is 5.75 Å². The number of nitrogens with one attached hydrogen (secondary N) is 2. The van der Waals surface area contributed by atoms with Crippen molar-refractivity contribution in [3.63, 3.8) is 0 Å². The Morgan fingerprint density at radius 2 is 1.84 bits per heavy atom. The number of rotatable bonds is 6. The zero-order chi connectivity index (χ0) is 23.0. The van der Waals surface area contributed by atoms with Crippen LogP contribution < -0.4 is 14.8 Å². The lowest BCUT2D eigenvalue weighted by Gasteiger charge is -2.29. The lowest BCUT2D eigenvalue weighted by atomic mass is 9.89. The number of fused-ring (bicyclic) bond motifs is 1. The molecule has 3 rings (SSSR count). The molecule has 0 aromatic heterocycles. The molecular weight excluding hydrogens is 439 g/mol. The highest BCUT2D eigenvalue weighted by Gasteiger charge is 2.41. The number of ether oxygens (including phenoxy) is 1. The van der Waals surface area contributed by atoms with Gasteiger partial charge in [0.2, 0.25) is 0 Å². The molecule has 1 aromatic carbocycles. The molecule has 2 atom stereocenters. The van der Waals surface area contributed by atoms with Crippen molar-refractivity contribution < 1.29 is 31.2 Å². The Morgan fingerprint density at radius 3 is 2.39 bits per heavy atom. The second-order valence-corrected chi connectivity index (χ2v) is 10.7. The quantitative estimate of drug-likeness (QED) is 0.415. The van der Waals surface area contributed by atoms with E-state index in [4.69, 9.17) is 4.74 Å². The van der Waals surface area contributed by atoms with E-state index >= 15 is 0 Å². The third-order valence-corrected chi connectivity index (χ3v) is 7.52. The van der Waals surface area contributed by atoms with Crippen LogP contribution >= 0.6 is 0 Å². The molecule has 31 heavy (non-hydrogen) atoms. The van der Waals surface area contributed by atoms with Crippen molar-refractivity contribution in [1.82, 2.24) is 4.72 Å². The first-order chi connectivity index (χ1) is 14.4. The van der Waals surface area contributed by atoms with Crippen LogP contribution in [0.3, 0.4) is 0 Å². The van der Waals surface area contributed by atoms with Crippen molar-refractivity contribution in [2.45, 2.75) is 68.8 Å². The molecule has 0 bridgehead atoms. The Morgan fingerprint density at radius 1 is 1.19 bits per heavy atom. The zero-order valence-electron chi connectivity index (χ0n) is 17.7. The minimum Gasteiger partial charge on any atom is -0.598 e. The summed E-state index contributed by atoms with van der Waals surface area (Å²) in [5.74, 6) is 0.0603. The van der Waals surface area contributed by atoms with Gasteiger partial charge in [-0.05, 0) is 51.2 Å². The number of hydrogen-bond acceptors (Lipinski definition) is 4. The minimum atomic E-state index is -4.58. The van der Waals surface area contributed by atoms with Crippen molar-refractivity contribution >= 4 is 17.0 Å². The summed E-state index contributed by atoms with van der Waals surface area (Å²) in [5.41, 5.74) is -0.362. The number of hydrogen-bond donors (Lipinski definition) is 2. The van der Waals surface area contributed by atoms with E-state index in [1.165, 1.54) is 6.07 Å². The molecule has 1 heterocycles. The van der Waals surface area contributed by atoms with Gasteiger partial charge in [-0.3, -0.25) is 0 Å². The molecule has 2 unspecified atom stereocenters. The van der Waals surface area contributed by atoms with E-state index in [0.717, 1.165) is 6.07 Å². The second kappa shape index (κ2) is 9.15. The van der Waals surface area contributed by atoms with E-state index in [1.807, 2.05) is 0 Å². The van der Waals surface area contributed by atoms with Crippen molar-refractivity contribution in [1.29, 1.82) is 0 Å². The molecule has 2 N–H and O–H groups in total. The molecule has 1 aromatic rings. The molecule has 0 radical (unpaired) electrons. The van der Waals surface area contributed by atoms with Gasteiger partial charge in [0.1, 0.15) is 10.5 Å². The maximum atomic E-state index is 13.8. The first-order valence-electron chi connectivity index (χ1n) is 10.2. The Balaban J connectivity index is 1.84. The Hall–Kier alpha value is -1.52. The van der Waals surface area contributed by atoms with Gasteiger partial charge in [0, 0.05) is 48.4 Å². The summed E-state index contributed by atoms with van der Waals surface area (Å²) >= 11 is -1.35. The second-order valence-electron chi connectivity index (χ2n) is 8.66. The fourth-order valence-corrected chi connectivity index (χ4v) is 5.21. The van der Waals surface area contributed by atoms with Gasteiger partial charge in [0.15, 0.2) is 0 Å². The molecule has 0 saturated heterocycles. The molecular formula is C21H27F5N2O2S. The first-order valence-corrected chi connectivity index (χ1v) is 11.3. The van der Waals surface area contributed by atoms with Crippen LogP contribution in [0.15, 0.2) is 23.8 Å². The highest BCUT2D eigenvalue weighted by molar-refractivity contribution is 7.90. The van der Waals surface area contributed by atoms with Gasteiger partial charge >= 0.3 is 6.18 Å². The average molecular weight is 467 g/mol. The average Bonchev–Trinajstić information content (AvgIpc) is 3.07. The molecule has 1 aliphatic heterocycles. The van der Waals surface area contributed by atoms with Crippen molar-refractivity contribution in [2.24, 2.45) is 0 Å². The van der Waals surface area contributed by atoms with Crippen LogP contribution in [0.1, 0.15) is 63.0 Å². The third kappa shape index (κ3) is 5.46. The maximum Gasteiger partial charge on any atom is 0.418 e. The topological polar surface area (TPSA) is 56.3 Å².